The van der Waals surface area contributed by atoms with Crippen LogP contribution in [0.3, 0.4) is 0 Å². The first-order valence-corrected chi connectivity index (χ1v) is 8.25. The fourth-order valence-corrected chi connectivity index (χ4v) is 3.16. The van der Waals surface area contributed by atoms with Gasteiger partial charge >= 0.3 is 0 Å². The minimum absolute atomic E-state index is 0.0544. The summed E-state index contributed by atoms with van der Waals surface area (Å²) in [6.07, 6.45) is 4.34. The third kappa shape index (κ3) is 3.94. The highest BCUT2D eigenvalue weighted by atomic mass is 16.5. The van der Waals surface area contributed by atoms with Crippen LogP contribution in [0.1, 0.15) is 22.5 Å². The number of ether oxygens (including phenoxy) is 1. The molecular weight excluding hydrogens is 304 g/mol. The van der Waals surface area contributed by atoms with Crippen LogP contribution in [0.25, 0.3) is 0 Å². The molecule has 2 heterocycles. The van der Waals surface area contributed by atoms with Crippen LogP contribution in [0.4, 0.5) is 0 Å². The minimum atomic E-state index is -0.0544. The lowest BCUT2D eigenvalue weighted by Crippen LogP contribution is -2.31. The number of nitrogens with zero attached hydrogens (tertiary/aromatic N) is 3. The van der Waals surface area contributed by atoms with Crippen LogP contribution in [0.5, 0.6) is 5.75 Å². The van der Waals surface area contributed by atoms with Crippen molar-refractivity contribution in [2.75, 3.05) is 26.7 Å². The van der Waals surface area contributed by atoms with E-state index in [9.17, 15) is 4.79 Å². The topological polar surface area (TPSA) is 59.4 Å². The number of hydrogen-bond acceptors (Lipinski definition) is 4. The van der Waals surface area contributed by atoms with Gasteiger partial charge in [-0.25, -0.2) is 4.98 Å². The van der Waals surface area contributed by atoms with E-state index in [1.807, 2.05) is 19.2 Å². The molecule has 128 valence electrons. The molecule has 0 radical (unpaired) electrons. The maximum Gasteiger partial charge on any atom is 0.269 e. The number of benzene rings is 1. The summed E-state index contributed by atoms with van der Waals surface area (Å²) in [4.78, 5) is 18.5. The maximum absolute atomic E-state index is 12.1. The highest BCUT2D eigenvalue weighted by molar-refractivity contribution is 5.92. The van der Waals surface area contributed by atoms with E-state index in [1.165, 1.54) is 5.56 Å². The second-order valence-corrected chi connectivity index (χ2v) is 6.34. The molecule has 1 aliphatic heterocycles. The Morgan fingerprint density at radius 2 is 2.33 bits per heavy atom. The van der Waals surface area contributed by atoms with Crippen LogP contribution >= 0.6 is 0 Å². The summed E-state index contributed by atoms with van der Waals surface area (Å²) in [5, 5.41) is 3.02. The molecule has 1 N–H and O–H groups in total. The smallest absolute Gasteiger partial charge is 0.269 e. The number of amides is 1. The first-order chi connectivity index (χ1) is 11.7. The molecule has 24 heavy (non-hydrogen) atoms. The van der Waals surface area contributed by atoms with Gasteiger partial charge < -0.3 is 14.6 Å². The van der Waals surface area contributed by atoms with Crippen LogP contribution < -0.4 is 10.1 Å². The fraction of sp³-hybridized carbons (Fsp3) is 0.444. The third-order valence-electron chi connectivity index (χ3n) is 4.51. The van der Waals surface area contributed by atoms with Crippen LogP contribution in [0, 0.1) is 5.92 Å². The van der Waals surface area contributed by atoms with Gasteiger partial charge in [0.15, 0.2) is 0 Å². The zero-order chi connectivity index (χ0) is 16.9. The second-order valence-electron chi connectivity index (χ2n) is 6.34. The van der Waals surface area contributed by atoms with Crippen molar-refractivity contribution >= 4 is 5.91 Å². The lowest BCUT2D eigenvalue weighted by molar-refractivity contribution is 0.0939. The number of methoxy groups -OCH3 is 1. The molecule has 1 atom stereocenters. The number of hydrogen-bond donors (Lipinski definition) is 1. The molecule has 3 rings (SSSR count). The molecule has 0 saturated carbocycles. The van der Waals surface area contributed by atoms with Gasteiger partial charge in [-0.15, -0.1) is 0 Å². The predicted octanol–water partition coefficient (Wildman–Crippen LogP) is 1.68. The molecular formula is C18H24N4O2. The van der Waals surface area contributed by atoms with Gasteiger partial charge in [0.05, 0.1) is 19.6 Å². The highest BCUT2D eigenvalue weighted by Crippen LogP contribution is 2.20. The molecule has 6 heteroatoms. The van der Waals surface area contributed by atoms with E-state index < -0.39 is 0 Å². The Morgan fingerprint density at radius 1 is 1.46 bits per heavy atom. The van der Waals surface area contributed by atoms with Crippen molar-refractivity contribution in [3.63, 3.8) is 0 Å². The van der Waals surface area contributed by atoms with Crippen molar-refractivity contribution in [3.8, 4) is 5.75 Å². The largest absolute Gasteiger partial charge is 0.497 e. The van der Waals surface area contributed by atoms with Crippen LogP contribution in [-0.4, -0.2) is 47.1 Å². The Morgan fingerprint density at radius 3 is 3.08 bits per heavy atom. The molecule has 2 aromatic rings. The van der Waals surface area contributed by atoms with Gasteiger partial charge in [-0.1, -0.05) is 12.1 Å². The maximum atomic E-state index is 12.1. The number of carbonyl (C=O) groups is 1. The zero-order valence-electron chi connectivity index (χ0n) is 14.2. The highest BCUT2D eigenvalue weighted by Gasteiger charge is 2.23. The SMILES string of the molecule is COc1cccc(CN2CC[C@H](CNC(=O)c3cncn3C)C2)c1. The van der Waals surface area contributed by atoms with Crippen molar-refractivity contribution in [3.05, 3.63) is 48.0 Å². The van der Waals surface area contributed by atoms with E-state index >= 15 is 0 Å². The Hall–Kier alpha value is -2.34. The minimum Gasteiger partial charge on any atom is -0.497 e. The fourth-order valence-electron chi connectivity index (χ4n) is 3.16. The Kier molecular flexibility index (Phi) is 5.15. The van der Waals surface area contributed by atoms with Gasteiger partial charge in [-0.2, -0.15) is 0 Å². The molecule has 0 aliphatic carbocycles. The first kappa shape index (κ1) is 16.5. The third-order valence-corrected chi connectivity index (χ3v) is 4.51. The average Bonchev–Trinajstić information content (AvgIpc) is 3.22. The lowest BCUT2D eigenvalue weighted by Gasteiger charge is -2.17. The van der Waals surface area contributed by atoms with Crippen molar-refractivity contribution in [1.82, 2.24) is 19.8 Å². The van der Waals surface area contributed by atoms with Gasteiger partial charge in [0.2, 0.25) is 0 Å². The Labute approximate surface area is 142 Å². The standard InChI is InChI=1S/C18H24N4O2/c1-21-13-19-10-17(21)18(23)20-9-15-6-7-22(12-15)11-14-4-3-5-16(8-14)24-2/h3-5,8,10,13,15H,6-7,9,11-12H2,1-2H3,(H,20,23)/t15-/m1/s1. The number of rotatable bonds is 6. The summed E-state index contributed by atoms with van der Waals surface area (Å²) in [6.45, 7) is 3.69. The Bertz CT molecular complexity index is 698. The van der Waals surface area contributed by atoms with Gasteiger partial charge in [0, 0.05) is 26.7 Å². The van der Waals surface area contributed by atoms with Gasteiger partial charge in [0.1, 0.15) is 11.4 Å². The van der Waals surface area contributed by atoms with E-state index in [0.717, 1.165) is 31.8 Å². The predicted molar refractivity (Wildman–Crippen MR) is 91.9 cm³/mol. The van der Waals surface area contributed by atoms with E-state index in [1.54, 1.807) is 24.2 Å². The molecule has 1 saturated heterocycles. The van der Waals surface area contributed by atoms with Gasteiger partial charge in [0.25, 0.3) is 5.91 Å². The van der Waals surface area contributed by atoms with Crippen LogP contribution in [-0.2, 0) is 13.6 Å². The molecule has 1 aromatic heterocycles. The quantitative estimate of drug-likeness (QED) is 0.876. The average molecular weight is 328 g/mol. The summed E-state index contributed by atoms with van der Waals surface area (Å²) < 4.78 is 7.01. The normalized spacial score (nSPS) is 17.8. The van der Waals surface area contributed by atoms with E-state index in [2.05, 4.69) is 27.3 Å². The summed E-state index contributed by atoms with van der Waals surface area (Å²) in [5.74, 6) is 1.33. The lowest BCUT2D eigenvalue weighted by atomic mass is 10.1. The number of carbonyl (C=O) groups excluding carboxylic acids is 1. The number of imidazole rings is 1. The molecule has 0 spiro atoms. The molecule has 0 unspecified atom stereocenters. The van der Waals surface area contributed by atoms with Crippen LogP contribution in [0.15, 0.2) is 36.8 Å². The van der Waals surface area contributed by atoms with Crippen LogP contribution in [0.2, 0.25) is 0 Å². The van der Waals surface area contributed by atoms with Crippen molar-refractivity contribution in [1.29, 1.82) is 0 Å². The Balaban J connectivity index is 1.47. The number of aryl methyl sites for hydroxylation is 1. The molecule has 1 aromatic carbocycles. The molecule has 1 fully saturated rings. The summed E-state index contributed by atoms with van der Waals surface area (Å²) >= 11 is 0. The molecule has 6 nitrogen and oxygen atoms in total. The monoisotopic (exact) mass is 328 g/mol. The first-order valence-electron chi connectivity index (χ1n) is 8.25. The number of aromatic nitrogens is 2. The summed E-state index contributed by atoms with van der Waals surface area (Å²) in [6, 6.07) is 8.19. The zero-order valence-corrected chi connectivity index (χ0v) is 14.2. The van der Waals surface area contributed by atoms with Gasteiger partial charge in [-0.05, 0) is 36.6 Å². The van der Waals surface area contributed by atoms with Crippen molar-refractivity contribution < 1.29 is 9.53 Å². The number of nitrogens with one attached hydrogen (secondary N) is 1. The van der Waals surface area contributed by atoms with Crippen molar-refractivity contribution in [2.45, 2.75) is 13.0 Å². The summed E-state index contributed by atoms with van der Waals surface area (Å²) in [7, 11) is 3.52. The molecule has 0 bridgehead atoms. The molecule has 1 amide bonds. The number of likely N-dealkylation sites (tertiary alicyclic amines) is 1. The second kappa shape index (κ2) is 7.49. The van der Waals surface area contributed by atoms with E-state index in [-0.39, 0.29) is 5.91 Å². The summed E-state index contributed by atoms with van der Waals surface area (Å²) in [5.41, 5.74) is 1.86. The van der Waals surface area contributed by atoms with E-state index in [4.69, 9.17) is 4.74 Å². The van der Waals surface area contributed by atoms with Gasteiger partial charge in [-0.3, -0.25) is 9.69 Å². The molecule has 1 aliphatic rings. The van der Waals surface area contributed by atoms with E-state index in [0.29, 0.717) is 18.2 Å². The van der Waals surface area contributed by atoms with Crippen molar-refractivity contribution in [2.24, 2.45) is 13.0 Å².